The summed E-state index contributed by atoms with van der Waals surface area (Å²) >= 11 is 0. The van der Waals surface area contributed by atoms with Crippen LogP contribution >= 0.6 is 0 Å². The molecule has 3 aromatic rings. The third-order valence-electron chi connectivity index (χ3n) is 3.40. The van der Waals surface area contributed by atoms with Gasteiger partial charge in [-0.3, -0.25) is 14.8 Å². The van der Waals surface area contributed by atoms with Crippen LogP contribution in [0.1, 0.15) is 12.6 Å². The molecule has 0 aromatic carbocycles. The Morgan fingerprint density at radius 1 is 1.17 bits per heavy atom. The first-order valence-corrected chi connectivity index (χ1v) is 6.43. The molecule has 1 atom stereocenters. The maximum absolute atomic E-state index is 12.8. The van der Waals surface area contributed by atoms with Gasteiger partial charge in [0.15, 0.2) is 11.5 Å². The molecule has 0 radical (unpaired) electrons. The molecule has 3 N–H and O–H groups in total. The van der Waals surface area contributed by atoms with Crippen LogP contribution in [0.15, 0.2) is 28.3 Å². The third kappa shape index (κ3) is 2.27. The topological polar surface area (TPSA) is 130 Å². The van der Waals surface area contributed by atoms with Crippen LogP contribution in [0.25, 0.3) is 17.0 Å². The number of hydrogen-bond acceptors (Lipinski definition) is 6. The molecule has 0 aliphatic rings. The van der Waals surface area contributed by atoms with E-state index in [-0.39, 0.29) is 17.0 Å². The van der Waals surface area contributed by atoms with E-state index in [1.807, 2.05) is 0 Å². The molecule has 1 unspecified atom stereocenters. The molecule has 0 aliphatic carbocycles. The molecule has 3 rings (SSSR count). The van der Waals surface area contributed by atoms with Gasteiger partial charge in [0.25, 0.3) is 5.56 Å². The van der Waals surface area contributed by atoms with E-state index >= 15 is 0 Å². The number of nitrogens with zero attached hydrogens (tertiary/aromatic N) is 4. The second kappa shape index (κ2) is 4.99. The summed E-state index contributed by atoms with van der Waals surface area (Å²) in [5.41, 5.74) is -5.65. The molecular formula is C12H9F3N6O3. The smallest absolute Gasteiger partial charge is 0.375 e. The van der Waals surface area contributed by atoms with Crippen LogP contribution in [0.4, 0.5) is 13.2 Å². The van der Waals surface area contributed by atoms with Crippen molar-refractivity contribution in [2.45, 2.75) is 18.7 Å². The van der Waals surface area contributed by atoms with Crippen LogP contribution in [-0.2, 0) is 5.60 Å². The van der Waals surface area contributed by atoms with Crippen LogP contribution in [0, 0.1) is 0 Å². The van der Waals surface area contributed by atoms with Crippen molar-refractivity contribution >= 4 is 11.2 Å². The number of alkyl halides is 3. The fourth-order valence-corrected chi connectivity index (χ4v) is 1.95. The number of imidazole rings is 1. The first kappa shape index (κ1) is 15.9. The zero-order chi connectivity index (χ0) is 17.7. The Labute approximate surface area is 129 Å². The van der Waals surface area contributed by atoms with Crippen molar-refractivity contribution in [2.24, 2.45) is 0 Å². The molecule has 3 heterocycles. The van der Waals surface area contributed by atoms with Gasteiger partial charge in [-0.25, -0.2) is 19.3 Å². The molecule has 3 aromatic heterocycles. The summed E-state index contributed by atoms with van der Waals surface area (Å²) < 4.78 is 38.9. The van der Waals surface area contributed by atoms with Gasteiger partial charge >= 0.3 is 11.9 Å². The van der Waals surface area contributed by atoms with E-state index in [2.05, 4.69) is 24.9 Å². The van der Waals surface area contributed by atoms with Crippen molar-refractivity contribution in [2.75, 3.05) is 0 Å². The van der Waals surface area contributed by atoms with E-state index in [1.165, 1.54) is 6.33 Å². The van der Waals surface area contributed by atoms with Crippen LogP contribution in [0.5, 0.6) is 0 Å². The van der Waals surface area contributed by atoms with Gasteiger partial charge in [0.2, 0.25) is 5.60 Å². The zero-order valence-corrected chi connectivity index (χ0v) is 11.9. The van der Waals surface area contributed by atoms with Gasteiger partial charge < -0.3 is 10.1 Å². The van der Waals surface area contributed by atoms with Gasteiger partial charge in [-0.15, -0.1) is 0 Å². The van der Waals surface area contributed by atoms with E-state index in [0.717, 1.165) is 6.20 Å². The van der Waals surface area contributed by atoms with Crippen LogP contribution in [0.2, 0.25) is 0 Å². The number of aromatic amines is 2. The monoisotopic (exact) mass is 342 g/mol. The van der Waals surface area contributed by atoms with Gasteiger partial charge in [0.05, 0.1) is 24.4 Å². The maximum atomic E-state index is 12.8. The summed E-state index contributed by atoms with van der Waals surface area (Å²) in [4.78, 5) is 39.9. The van der Waals surface area contributed by atoms with Crippen molar-refractivity contribution in [3.05, 3.63) is 45.3 Å². The van der Waals surface area contributed by atoms with Crippen molar-refractivity contribution in [3.8, 4) is 5.82 Å². The Kier molecular flexibility index (Phi) is 3.30. The van der Waals surface area contributed by atoms with Crippen molar-refractivity contribution in [3.63, 3.8) is 0 Å². The standard InChI is InChI=1S/C12H9F3N6O3/c1-11(24,12(13,14)15)5-2-17-6(3-16-5)21-9(22)7-8(19-4-18-7)20-10(21)23/h2-4,24H,1H3,(H,18,19)(H,20,23). The minimum absolute atomic E-state index is 0.0113. The summed E-state index contributed by atoms with van der Waals surface area (Å²) in [6.07, 6.45) is -2.34. The minimum Gasteiger partial charge on any atom is -0.375 e. The van der Waals surface area contributed by atoms with Crippen LogP contribution < -0.4 is 11.2 Å². The van der Waals surface area contributed by atoms with E-state index in [9.17, 15) is 27.9 Å². The minimum atomic E-state index is -4.97. The van der Waals surface area contributed by atoms with E-state index in [0.29, 0.717) is 17.7 Å². The van der Waals surface area contributed by atoms with Crippen molar-refractivity contribution in [1.82, 2.24) is 29.5 Å². The number of aliphatic hydroxyl groups is 1. The molecule has 24 heavy (non-hydrogen) atoms. The molecule has 0 fully saturated rings. The predicted molar refractivity (Wildman–Crippen MR) is 73.5 cm³/mol. The van der Waals surface area contributed by atoms with Crippen LogP contribution in [0.3, 0.4) is 0 Å². The molecule has 0 aliphatic heterocycles. The largest absolute Gasteiger partial charge is 0.422 e. The quantitative estimate of drug-likeness (QED) is 0.599. The maximum Gasteiger partial charge on any atom is 0.422 e. The number of aromatic nitrogens is 6. The lowest BCUT2D eigenvalue weighted by atomic mass is 10.0. The Morgan fingerprint density at radius 3 is 2.46 bits per heavy atom. The average Bonchev–Trinajstić information content (AvgIpc) is 2.95. The predicted octanol–water partition coefficient (Wildman–Crippen LogP) is -0.0381. The molecule has 0 spiro atoms. The SMILES string of the molecule is CC(O)(c1cnc(-n2c(=O)[nH]c3nc[nH]c3c2=O)cn1)C(F)(F)F. The number of halogens is 3. The highest BCUT2D eigenvalue weighted by Crippen LogP contribution is 2.37. The second-order valence-electron chi connectivity index (χ2n) is 5.03. The lowest BCUT2D eigenvalue weighted by Gasteiger charge is -2.25. The first-order chi connectivity index (χ1) is 11.1. The van der Waals surface area contributed by atoms with Gasteiger partial charge in [0.1, 0.15) is 5.52 Å². The van der Waals surface area contributed by atoms with E-state index < -0.39 is 28.7 Å². The van der Waals surface area contributed by atoms with E-state index in [4.69, 9.17) is 0 Å². The zero-order valence-electron chi connectivity index (χ0n) is 11.9. The summed E-state index contributed by atoms with van der Waals surface area (Å²) in [5, 5.41) is 9.53. The highest BCUT2D eigenvalue weighted by atomic mass is 19.4. The van der Waals surface area contributed by atoms with E-state index in [1.54, 1.807) is 0 Å². The van der Waals surface area contributed by atoms with Gasteiger partial charge in [-0.1, -0.05) is 0 Å². The molecule has 0 amide bonds. The Balaban J connectivity index is 2.13. The fourth-order valence-electron chi connectivity index (χ4n) is 1.95. The molecule has 126 valence electrons. The number of H-pyrrole nitrogens is 2. The number of nitrogens with one attached hydrogen (secondary N) is 2. The Morgan fingerprint density at radius 2 is 1.88 bits per heavy atom. The fraction of sp³-hybridized carbons (Fsp3) is 0.250. The molecule has 0 saturated carbocycles. The third-order valence-corrected chi connectivity index (χ3v) is 3.40. The Hall–Kier alpha value is -3.02. The first-order valence-electron chi connectivity index (χ1n) is 6.43. The van der Waals surface area contributed by atoms with Crippen molar-refractivity contribution < 1.29 is 18.3 Å². The highest BCUT2D eigenvalue weighted by Gasteiger charge is 2.52. The number of hydrogen-bond donors (Lipinski definition) is 3. The Bertz CT molecular complexity index is 1020. The molecule has 9 nitrogen and oxygen atoms in total. The lowest BCUT2D eigenvalue weighted by molar-refractivity contribution is -0.260. The molecule has 12 heteroatoms. The summed E-state index contributed by atoms with van der Waals surface area (Å²) in [6, 6.07) is 0. The number of rotatable bonds is 2. The van der Waals surface area contributed by atoms with Crippen LogP contribution in [-0.4, -0.2) is 40.8 Å². The summed E-state index contributed by atoms with van der Waals surface area (Å²) in [5.74, 6) is -0.306. The molecule has 0 saturated heterocycles. The normalized spacial score (nSPS) is 14.7. The molecule has 0 bridgehead atoms. The number of fused-ring (bicyclic) bond motifs is 1. The average molecular weight is 342 g/mol. The van der Waals surface area contributed by atoms with Gasteiger partial charge in [-0.2, -0.15) is 13.2 Å². The summed E-state index contributed by atoms with van der Waals surface area (Å²) in [6.45, 7) is 0.520. The lowest BCUT2D eigenvalue weighted by Crippen LogP contribution is -2.40. The second-order valence-corrected chi connectivity index (χ2v) is 5.03. The molecular weight excluding hydrogens is 333 g/mol. The van der Waals surface area contributed by atoms with Gasteiger partial charge in [0, 0.05) is 0 Å². The van der Waals surface area contributed by atoms with Crippen molar-refractivity contribution in [1.29, 1.82) is 0 Å². The summed E-state index contributed by atoms with van der Waals surface area (Å²) in [7, 11) is 0. The highest BCUT2D eigenvalue weighted by molar-refractivity contribution is 5.68. The van der Waals surface area contributed by atoms with Gasteiger partial charge in [-0.05, 0) is 6.92 Å².